The molecule has 0 spiro atoms. The minimum Gasteiger partial charge on any atom is -0.454 e. The Morgan fingerprint density at radius 1 is 0.906 bits per heavy atom. The molecule has 8 nitrogen and oxygen atoms in total. The fraction of sp³-hybridized carbons (Fsp3) is 0.125. The van der Waals surface area contributed by atoms with Crippen LogP contribution in [0.1, 0.15) is 11.1 Å². The summed E-state index contributed by atoms with van der Waals surface area (Å²) in [5, 5.41) is 2.32. The Morgan fingerprint density at radius 2 is 1.69 bits per heavy atom. The van der Waals surface area contributed by atoms with Gasteiger partial charge >= 0.3 is 5.56 Å². The van der Waals surface area contributed by atoms with Crippen molar-refractivity contribution in [2.75, 3.05) is 12.5 Å². The monoisotopic (exact) mass is 425 g/mol. The number of hydrogen-bond acceptors (Lipinski definition) is 6. The molecule has 0 bridgehead atoms. The molecule has 1 aliphatic rings. The molecule has 32 heavy (non-hydrogen) atoms. The lowest BCUT2D eigenvalue weighted by Gasteiger charge is -2.12. The summed E-state index contributed by atoms with van der Waals surface area (Å²) in [7, 11) is 0. The van der Waals surface area contributed by atoms with Crippen LogP contribution in [0.5, 0.6) is 11.5 Å². The number of hydrogen-bond donors (Lipinski definition) is 1. The molecule has 0 fully saturated rings. The Bertz CT molecular complexity index is 1550. The van der Waals surface area contributed by atoms with E-state index in [0.29, 0.717) is 35.8 Å². The number of nitrogens with zero attached hydrogens (tertiary/aromatic N) is 4. The zero-order chi connectivity index (χ0) is 21.7. The minimum atomic E-state index is -0.391. The highest BCUT2D eigenvalue weighted by Gasteiger charge is 2.17. The first-order chi connectivity index (χ1) is 15.7. The van der Waals surface area contributed by atoms with Gasteiger partial charge < -0.3 is 19.8 Å². The van der Waals surface area contributed by atoms with Crippen LogP contribution in [-0.4, -0.2) is 25.9 Å². The number of anilines is 1. The first kappa shape index (κ1) is 18.4. The van der Waals surface area contributed by atoms with Gasteiger partial charge in [-0.2, -0.15) is 4.98 Å². The van der Waals surface area contributed by atoms with Crippen LogP contribution < -0.4 is 20.8 Å². The van der Waals surface area contributed by atoms with Crippen LogP contribution in [0.25, 0.3) is 21.9 Å². The third kappa shape index (κ3) is 3.04. The van der Waals surface area contributed by atoms with E-state index in [-0.39, 0.29) is 12.7 Å². The molecular formula is C24H19N5O3. The number of imidazole rings is 1. The molecule has 3 heterocycles. The van der Waals surface area contributed by atoms with E-state index in [0.717, 1.165) is 16.5 Å². The molecule has 0 aliphatic carbocycles. The van der Waals surface area contributed by atoms with Crippen molar-refractivity contribution < 1.29 is 9.47 Å². The molecule has 0 radical (unpaired) electrons. The average Bonchev–Trinajstić information content (AvgIpc) is 3.43. The number of nitrogens with two attached hydrogens (primary N) is 1. The van der Waals surface area contributed by atoms with E-state index in [1.165, 1.54) is 5.39 Å². The van der Waals surface area contributed by atoms with Gasteiger partial charge in [0, 0.05) is 6.54 Å². The second-order valence-electron chi connectivity index (χ2n) is 7.78. The Kier molecular flexibility index (Phi) is 4.10. The molecule has 0 atom stereocenters. The highest BCUT2D eigenvalue weighted by atomic mass is 16.7. The van der Waals surface area contributed by atoms with E-state index in [1.54, 1.807) is 10.9 Å². The van der Waals surface area contributed by atoms with E-state index in [4.69, 9.17) is 15.2 Å². The normalized spacial score (nSPS) is 12.6. The number of rotatable bonds is 4. The van der Waals surface area contributed by atoms with Gasteiger partial charge in [-0.05, 0) is 40.1 Å². The zero-order valence-electron chi connectivity index (χ0n) is 17.1. The van der Waals surface area contributed by atoms with Crippen molar-refractivity contribution in [2.45, 2.75) is 13.1 Å². The zero-order valence-corrected chi connectivity index (χ0v) is 17.1. The van der Waals surface area contributed by atoms with Gasteiger partial charge in [0.1, 0.15) is 0 Å². The number of benzene rings is 3. The highest BCUT2D eigenvalue weighted by molar-refractivity contribution is 5.83. The van der Waals surface area contributed by atoms with E-state index in [1.807, 2.05) is 34.9 Å². The Morgan fingerprint density at radius 3 is 2.59 bits per heavy atom. The summed E-state index contributed by atoms with van der Waals surface area (Å²) in [5.41, 5.74) is 8.67. The highest BCUT2D eigenvalue weighted by Crippen LogP contribution is 2.33. The molecule has 158 valence electrons. The molecule has 2 aromatic heterocycles. The Hall–Kier alpha value is -4.33. The van der Waals surface area contributed by atoms with E-state index in [2.05, 4.69) is 40.3 Å². The van der Waals surface area contributed by atoms with Gasteiger partial charge in [-0.25, -0.2) is 4.98 Å². The lowest BCUT2D eigenvalue weighted by atomic mass is 10.1. The number of ether oxygens (including phenoxy) is 2. The molecule has 0 amide bonds. The van der Waals surface area contributed by atoms with Crippen molar-refractivity contribution in [3.63, 3.8) is 0 Å². The summed E-state index contributed by atoms with van der Waals surface area (Å²) in [4.78, 5) is 21.3. The van der Waals surface area contributed by atoms with Crippen LogP contribution in [-0.2, 0) is 13.1 Å². The topological polar surface area (TPSA) is 97.2 Å². The third-order valence-electron chi connectivity index (χ3n) is 5.71. The summed E-state index contributed by atoms with van der Waals surface area (Å²) in [6.07, 6.45) is 1.67. The molecule has 8 heteroatoms. The summed E-state index contributed by atoms with van der Waals surface area (Å²) in [5.74, 6) is 1.52. The van der Waals surface area contributed by atoms with Crippen LogP contribution >= 0.6 is 0 Å². The lowest BCUT2D eigenvalue weighted by molar-refractivity contribution is 0.174. The maximum absolute atomic E-state index is 12.7. The fourth-order valence-corrected chi connectivity index (χ4v) is 4.15. The summed E-state index contributed by atoms with van der Waals surface area (Å²) in [6.45, 7) is 1.12. The standard InChI is InChI=1S/C24H19N5O3/c25-24-27-23(30)21-22(29(24)12-16-6-8-19-20(10-16)32-14-31-19)26-13-28(21)11-15-5-7-17-3-1-2-4-18(17)9-15/h1-10,13H,11-12,14H2,(H2,25,27,30). The number of nitrogen functional groups attached to an aromatic ring is 1. The van der Waals surface area contributed by atoms with Gasteiger partial charge in [0.2, 0.25) is 12.7 Å². The fourth-order valence-electron chi connectivity index (χ4n) is 4.15. The van der Waals surface area contributed by atoms with Crippen LogP contribution in [0.15, 0.2) is 71.8 Å². The molecule has 5 aromatic rings. The molecule has 2 N–H and O–H groups in total. The van der Waals surface area contributed by atoms with Gasteiger partial charge in [0.05, 0.1) is 12.9 Å². The van der Waals surface area contributed by atoms with Crippen LogP contribution in [0.3, 0.4) is 0 Å². The van der Waals surface area contributed by atoms with Crippen LogP contribution in [0.4, 0.5) is 5.95 Å². The third-order valence-corrected chi connectivity index (χ3v) is 5.71. The smallest absolute Gasteiger partial charge is 0.300 e. The quantitative estimate of drug-likeness (QED) is 0.475. The molecule has 1 aliphatic heterocycles. The van der Waals surface area contributed by atoms with Gasteiger partial charge in [-0.15, -0.1) is 0 Å². The number of aromatic nitrogens is 4. The van der Waals surface area contributed by atoms with Crippen LogP contribution in [0, 0.1) is 0 Å². The molecule has 0 saturated heterocycles. The second-order valence-corrected chi connectivity index (χ2v) is 7.78. The first-order valence-electron chi connectivity index (χ1n) is 10.2. The van der Waals surface area contributed by atoms with E-state index >= 15 is 0 Å². The summed E-state index contributed by atoms with van der Waals surface area (Å²) in [6, 6.07) is 20.1. The second kappa shape index (κ2) is 7.12. The number of fused-ring (bicyclic) bond motifs is 3. The van der Waals surface area contributed by atoms with E-state index in [9.17, 15) is 4.79 Å². The van der Waals surface area contributed by atoms with Gasteiger partial charge in [-0.1, -0.05) is 42.5 Å². The van der Waals surface area contributed by atoms with Crippen LogP contribution in [0.2, 0.25) is 0 Å². The predicted molar refractivity (Wildman–Crippen MR) is 121 cm³/mol. The maximum atomic E-state index is 12.7. The van der Waals surface area contributed by atoms with Gasteiger partial charge in [-0.3, -0.25) is 9.36 Å². The maximum Gasteiger partial charge on any atom is 0.300 e. The minimum absolute atomic E-state index is 0.121. The average molecular weight is 425 g/mol. The SMILES string of the molecule is Nc1nc(=O)c2c(ncn2Cc2ccc3ccccc3c2)n1Cc1ccc2c(c1)OCO2. The van der Waals surface area contributed by atoms with Crippen molar-refractivity contribution in [1.29, 1.82) is 0 Å². The molecule has 6 rings (SSSR count). The molecule has 3 aromatic carbocycles. The summed E-state index contributed by atoms with van der Waals surface area (Å²) < 4.78 is 14.4. The molecular weight excluding hydrogens is 406 g/mol. The van der Waals surface area contributed by atoms with Crippen molar-refractivity contribution in [1.82, 2.24) is 19.1 Å². The van der Waals surface area contributed by atoms with Crippen molar-refractivity contribution in [2.24, 2.45) is 0 Å². The molecule has 0 unspecified atom stereocenters. The van der Waals surface area contributed by atoms with E-state index < -0.39 is 5.56 Å². The summed E-state index contributed by atoms with van der Waals surface area (Å²) >= 11 is 0. The van der Waals surface area contributed by atoms with Gasteiger partial charge in [0.25, 0.3) is 0 Å². The largest absolute Gasteiger partial charge is 0.454 e. The van der Waals surface area contributed by atoms with Crippen molar-refractivity contribution >= 4 is 27.9 Å². The van der Waals surface area contributed by atoms with Gasteiger partial charge in [0.15, 0.2) is 22.7 Å². The molecule has 0 saturated carbocycles. The lowest BCUT2D eigenvalue weighted by Crippen LogP contribution is -2.20. The Balaban J connectivity index is 1.39. The van der Waals surface area contributed by atoms with Crippen molar-refractivity contribution in [3.8, 4) is 11.5 Å². The van der Waals surface area contributed by atoms with Crippen molar-refractivity contribution in [3.05, 3.63) is 88.5 Å². The predicted octanol–water partition coefficient (Wildman–Crippen LogP) is 3.15. The first-order valence-corrected chi connectivity index (χ1v) is 10.2. The Labute approximate surface area is 182 Å².